The minimum atomic E-state index is -1.40. The summed E-state index contributed by atoms with van der Waals surface area (Å²) in [5.41, 5.74) is 0.449. The molecule has 0 aliphatic rings. The summed E-state index contributed by atoms with van der Waals surface area (Å²) in [6.07, 6.45) is 0. The maximum absolute atomic E-state index is 11.1. The molecule has 1 aromatic rings. The van der Waals surface area contributed by atoms with Crippen LogP contribution in [0.2, 0.25) is 0 Å². The van der Waals surface area contributed by atoms with Crippen LogP contribution in [0.25, 0.3) is 0 Å². The van der Waals surface area contributed by atoms with Crippen molar-refractivity contribution in [3.8, 4) is 5.75 Å². The molecule has 1 atom stereocenters. The molecule has 9 heteroatoms. The zero-order chi connectivity index (χ0) is 16.0. The number of nitrogens with one attached hydrogen (secondary N) is 2. The van der Waals surface area contributed by atoms with Crippen molar-refractivity contribution in [2.45, 2.75) is 24.8 Å². The Morgan fingerprint density at radius 3 is 2.41 bits per heavy atom. The van der Waals surface area contributed by atoms with Gasteiger partial charge in [0.25, 0.3) is 0 Å². The van der Waals surface area contributed by atoms with Gasteiger partial charge < -0.3 is 25.6 Å². The number of rotatable bonds is 6. The van der Waals surface area contributed by atoms with E-state index in [1.54, 1.807) is 0 Å². The zero-order valence-electron chi connectivity index (χ0n) is 12.5. The standard InChI is InChI=1S/C13H16N2O5S.Na/c1-7(16)14-10-4-3-9(18)5-12(10)21-6-11(13(19)20)15-8(2)17;/h3-5,11,18H,6H2,1-2H3,(H,14,16)(H,15,17)(H,19,20);/q;+1/p-1. The predicted octanol–water partition coefficient (Wildman–Crippen LogP) is -3.30. The van der Waals surface area contributed by atoms with Crippen LogP contribution in [0.5, 0.6) is 5.75 Å². The maximum Gasteiger partial charge on any atom is 1.00 e. The topological polar surface area (TPSA) is 119 Å². The van der Waals surface area contributed by atoms with Gasteiger partial charge in [0, 0.05) is 24.5 Å². The van der Waals surface area contributed by atoms with Crippen molar-refractivity contribution in [3.63, 3.8) is 0 Å². The number of benzene rings is 1. The molecule has 0 heterocycles. The molecule has 0 spiro atoms. The number of thioether (sulfide) groups is 1. The van der Waals surface area contributed by atoms with E-state index in [0.717, 1.165) is 11.8 Å². The van der Waals surface area contributed by atoms with Gasteiger partial charge in [0.1, 0.15) is 5.75 Å². The van der Waals surface area contributed by atoms with E-state index in [1.807, 2.05) is 0 Å². The summed E-state index contributed by atoms with van der Waals surface area (Å²) in [6.45, 7) is 2.54. The summed E-state index contributed by atoms with van der Waals surface area (Å²) in [5, 5.41) is 25.2. The Kier molecular flexibility index (Phi) is 9.19. The smallest absolute Gasteiger partial charge is 0.548 e. The minimum absolute atomic E-state index is 0. The summed E-state index contributed by atoms with van der Waals surface area (Å²) >= 11 is 1.07. The van der Waals surface area contributed by atoms with Crippen LogP contribution in [-0.2, 0) is 14.4 Å². The molecule has 0 aliphatic heterocycles. The van der Waals surface area contributed by atoms with E-state index in [4.69, 9.17) is 0 Å². The molecular formula is C13H15N2NaO5S. The van der Waals surface area contributed by atoms with E-state index in [-0.39, 0.29) is 47.0 Å². The van der Waals surface area contributed by atoms with E-state index in [9.17, 15) is 24.6 Å². The summed E-state index contributed by atoms with van der Waals surface area (Å²) in [5.74, 6) is -2.20. The van der Waals surface area contributed by atoms with Crippen LogP contribution >= 0.6 is 11.8 Å². The average molecular weight is 334 g/mol. The molecule has 7 nitrogen and oxygen atoms in total. The number of hydrogen-bond donors (Lipinski definition) is 3. The van der Waals surface area contributed by atoms with Crippen LogP contribution in [0.3, 0.4) is 0 Å². The molecule has 114 valence electrons. The molecule has 2 amide bonds. The third kappa shape index (κ3) is 7.17. The fraction of sp³-hybridized carbons (Fsp3) is 0.308. The molecule has 0 radical (unpaired) electrons. The van der Waals surface area contributed by atoms with E-state index < -0.39 is 17.9 Å². The molecule has 0 aromatic heterocycles. The predicted molar refractivity (Wildman–Crippen MR) is 75.7 cm³/mol. The van der Waals surface area contributed by atoms with Crippen LogP contribution < -0.4 is 45.3 Å². The number of aliphatic carboxylic acids is 1. The third-order valence-corrected chi connectivity index (χ3v) is 3.49. The van der Waals surface area contributed by atoms with Crippen molar-refractivity contribution in [1.29, 1.82) is 0 Å². The first-order valence-corrected chi connectivity index (χ1v) is 6.99. The molecular weight excluding hydrogens is 319 g/mol. The number of anilines is 1. The molecule has 1 aromatic carbocycles. The van der Waals surface area contributed by atoms with E-state index in [0.29, 0.717) is 10.6 Å². The van der Waals surface area contributed by atoms with Gasteiger partial charge in [-0.05, 0) is 18.2 Å². The molecule has 0 saturated carbocycles. The molecule has 22 heavy (non-hydrogen) atoms. The summed E-state index contributed by atoms with van der Waals surface area (Å²) < 4.78 is 0. The van der Waals surface area contributed by atoms with E-state index >= 15 is 0 Å². The van der Waals surface area contributed by atoms with Gasteiger partial charge in [-0.2, -0.15) is 0 Å². The van der Waals surface area contributed by atoms with Gasteiger partial charge in [-0.15, -0.1) is 11.8 Å². The molecule has 3 N–H and O–H groups in total. The van der Waals surface area contributed by atoms with Gasteiger partial charge in [0.05, 0.1) is 17.7 Å². The SMILES string of the molecule is CC(=O)Nc1ccc(O)cc1SCC(NC(C)=O)C(=O)[O-].[Na+]. The number of carboxylic acids is 1. The van der Waals surface area contributed by atoms with Crippen molar-refractivity contribution >= 4 is 35.2 Å². The number of phenolic OH excluding ortho intramolecular Hbond substituents is 1. The van der Waals surface area contributed by atoms with Gasteiger partial charge in [-0.1, -0.05) is 0 Å². The normalized spacial score (nSPS) is 11.0. The van der Waals surface area contributed by atoms with Crippen molar-refractivity contribution in [1.82, 2.24) is 5.32 Å². The molecule has 1 rings (SSSR count). The fourth-order valence-corrected chi connectivity index (χ4v) is 2.55. The number of aromatic hydroxyl groups is 1. The van der Waals surface area contributed by atoms with Gasteiger partial charge in [-0.3, -0.25) is 9.59 Å². The molecule has 0 bridgehead atoms. The first-order valence-electron chi connectivity index (χ1n) is 6.01. The quantitative estimate of drug-likeness (QED) is 0.285. The monoisotopic (exact) mass is 334 g/mol. The van der Waals surface area contributed by atoms with Crippen LogP contribution in [0.4, 0.5) is 5.69 Å². The number of carbonyl (C=O) groups excluding carboxylic acids is 3. The molecule has 1 unspecified atom stereocenters. The first kappa shape index (κ1) is 20.8. The second kappa shape index (κ2) is 9.73. The second-order valence-corrected chi connectivity index (χ2v) is 5.31. The number of carboxylic acid groups (broad SMARTS) is 1. The number of carbonyl (C=O) groups is 3. The Hall–Kier alpha value is -1.22. The Balaban J connectivity index is 0.00000441. The first-order chi connectivity index (χ1) is 9.79. The number of phenols is 1. The Bertz CT molecular complexity index is 567. The van der Waals surface area contributed by atoms with Crippen LogP contribution in [0, 0.1) is 0 Å². The van der Waals surface area contributed by atoms with Crippen molar-refractivity contribution in [2.24, 2.45) is 0 Å². The molecule has 0 saturated heterocycles. The van der Waals surface area contributed by atoms with Gasteiger partial charge in [-0.25, -0.2) is 0 Å². The van der Waals surface area contributed by atoms with Crippen molar-refractivity contribution < 1.29 is 54.2 Å². The largest absolute Gasteiger partial charge is 1.00 e. The van der Waals surface area contributed by atoms with E-state index in [2.05, 4.69) is 10.6 Å². The van der Waals surface area contributed by atoms with Gasteiger partial charge >= 0.3 is 29.6 Å². The molecule has 0 fully saturated rings. The van der Waals surface area contributed by atoms with Gasteiger partial charge in [0.2, 0.25) is 11.8 Å². The second-order valence-electron chi connectivity index (χ2n) is 4.24. The Labute approximate surface area is 154 Å². The summed E-state index contributed by atoms with van der Waals surface area (Å²) in [4.78, 5) is 33.4. The van der Waals surface area contributed by atoms with Crippen LogP contribution in [0.1, 0.15) is 13.8 Å². The van der Waals surface area contributed by atoms with Crippen LogP contribution in [0.15, 0.2) is 23.1 Å². The van der Waals surface area contributed by atoms with E-state index in [1.165, 1.54) is 32.0 Å². The van der Waals surface area contributed by atoms with Crippen molar-refractivity contribution in [3.05, 3.63) is 18.2 Å². The third-order valence-electron chi connectivity index (χ3n) is 2.34. The fourth-order valence-electron chi connectivity index (χ4n) is 1.51. The summed E-state index contributed by atoms with van der Waals surface area (Å²) in [6, 6.07) is 3.14. The number of hydrogen-bond acceptors (Lipinski definition) is 6. The maximum atomic E-state index is 11.1. The number of amides is 2. The Morgan fingerprint density at radius 2 is 1.91 bits per heavy atom. The summed E-state index contributed by atoms with van der Waals surface area (Å²) in [7, 11) is 0. The van der Waals surface area contributed by atoms with Gasteiger partial charge in [0.15, 0.2) is 0 Å². The Morgan fingerprint density at radius 1 is 1.27 bits per heavy atom. The zero-order valence-corrected chi connectivity index (χ0v) is 15.3. The van der Waals surface area contributed by atoms with Crippen LogP contribution in [-0.4, -0.2) is 34.7 Å². The van der Waals surface area contributed by atoms with Crippen molar-refractivity contribution in [2.75, 3.05) is 11.1 Å². The minimum Gasteiger partial charge on any atom is -0.548 e. The average Bonchev–Trinajstić information content (AvgIpc) is 2.36. The molecule has 0 aliphatic carbocycles.